The predicted molar refractivity (Wildman–Crippen MR) is 129 cm³/mol. The predicted octanol–water partition coefficient (Wildman–Crippen LogP) is 2.23. The van der Waals surface area contributed by atoms with E-state index in [-0.39, 0.29) is 17.5 Å². The molecule has 4 rings (SSSR count). The molecule has 2 heterocycles. The highest BCUT2D eigenvalue weighted by Gasteiger charge is 2.21. The van der Waals surface area contributed by atoms with Gasteiger partial charge in [0.2, 0.25) is 0 Å². The van der Waals surface area contributed by atoms with Gasteiger partial charge in [-0.25, -0.2) is 15.4 Å². The molecule has 34 heavy (non-hydrogen) atoms. The van der Waals surface area contributed by atoms with E-state index in [2.05, 4.69) is 38.4 Å². The highest BCUT2D eigenvalue weighted by Crippen LogP contribution is 2.34. The summed E-state index contributed by atoms with van der Waals surface area (Å²) in [5, 5.41) is 7.52. The van der Waals surface area contributed by atoms with Crippen molar-refractivity contribution in [2.45, 2.75) is 19.4 Å². The Morgan fingerprint density at radius 2 is 1.91 bits per heavy atom. The van der Waals surface area contributed by atoms with Crippen LogP contribution >= 0.6 is 0 Å². The van der Waals surface area contributed by atoms with E-state index >= 15 is 0 Å². The van der Waals surface area contributed by atoms with E-state index in [1.165, 1.54) is 29.4 Å². The van der Waals surface area contributed by atoms with E-state index in [0.29, 0.717) is 22.7 Å². The molecule has 0 saturated heterocycles. The van der Waals surface area contributed by atoms with Crippen LogP contribution in [0.4, 0.5) is 11.4 Å². The molecule has 1 aliphatic heterocycles. The van der Waals surface area contributed by atoms with Crippen molar-refractivity contribution in [2.75, 3.05) is 31.2 Å². The Kier molecular flexibility index (Phi) is 6.88. The molecule has 4 N–H and O–H groups in total. The van der Waals surface area contributed by atoms with E-state index in [1.54, 1.807) is 38.4 Å². The van der Waals surface area contributed by atoms with Crippen molar-refractivity contribution < 1.29 is 14.3 Å². The number of ether oxygens (including phenoxy) is 1. The fourth-order valence-electron chi connectivity index (χ4n) is 3.84. The molecule has 10 heteroatoms. The zero-order valence-corrected chi connectivity index (χ0v) is 19.3. The molecular formula is C24H27N7O3. The van der Waals surface area contributed by atoms with Gasteiger partial charge in [0, 0.05) is 31.0 Å². The molecule has 0 radical (unpaired) electrons. The van der Waals surface area contributed by atoms with Gasteiger partial charge in [-0.15, -0.1) is 0 Å². The molecule has 0 saturated carbocycles. The Labute approximate surface area is 197 Å². The minimum absolute atomic E-state index is 0.177. The van der Waals surface area contributed by atoms with Crippen molar-refractivity contribution in [3.8, 4) is 5.75 Å². The monoisotopic (exact) mass is 461 g/mol. The molecular weight excluding hydrogens is 434 g/mol. The van der Waals surface area contributed by atoms with E-state index in [4.69, 9.17) is 4.74 Å². The Morgan fingerprint density at radius 1 is 1.12 bits per heavy atom. The molecule has 0 fully saturated rings. The average Bonchev–Trinajstić information content (AvgIpc) is 2.88. The minimum atomic E-state index is -0.426. The van der Waals surface area contributed by atoms with Gasteiger partial charge in [-0.05, 0) is 61.3 Å². The van der Waals surface area contributed by atoms with E-state index in [1.807, 2.05) is 12.1 Å². The minimum Gasteiger partial charge on any atom is -0.495 e. The number of hydrogen-bond donors (Lipinski definition) is 4. The number of rotatable bonds is 7. The number of nitrogens with zero attached hydrogens (tertiary/aromatic N) is 3. The summed E-state index contributed by atoms with van der Waals surface area (Å²) in [6, 6.07) is 11.1. The first kappa shape index (κ1) is 23.0. The van der Waals surface area contributed by atoms with Crippen LogP contribution in [0.15, 0.2) is 55.1 Å². The van der Waals surface area contributed by atoms with Crippen LogP contribution in [0.3, 0.4) is 0 Å². The highest BCUT2D eigenvalue weighted by molar-refractivity contribution is 5.96. The maximum absolute atomic E-state index is 12.9. The van der Waals surface area contributed by atoms with Crippen molar-refractivity contribution in [1.29, 1.82) is 0 Å². The number of fused-ring (bicyclic) bond motifs is 1. The first-order chi connectivity index (χ1) is 16.5. The standard InChI is InChI=1S/C24H27N7O3/c1-15-20-11-21(22(34-3)10-16(20)7-8-28-15)29-31(30-24(33)18-12-26-14-27-13-18)19-6-4-5-17(9-19)23(32)25-2/h4-6,9-15,28-29H,7-8H2,1-3H3,(H,25,32)(H,30,33). The van der Waals surface area contributed by atoms with Crippen molar-refractivity contribution in [2.24, 2.45) is 0 Å². The molecule has 0 bridgehead atoms. The molecule has 1 aromatic heterocycles. The second kappa shape index (κ2) is 10.2. The maximum atomic E-state index is 12.9. The quantitative estimate of drug-likeness (QED) is 0.396. The lowest BCUT2D eigenvalue weighted by Gasteiger charge is -2.30. The molecule has 1 atom stereocenters. The van der Waals surface area contributed by atoms with E-state index < -0.39 is 5.91 Å². The molecule has 1 aliphatic rings. The Hall–Kier alpha value is -4.18. The van der Waals surface area contributed by atoms with Crippen LogP contribution in [0.1, 0.15) is 44.8 Å². The normalized spacial score (nSPS) is 14.5. The summed E-state index contributed by atoms with van der Waals surface area (Å²) in [4.78, 5) is 33.0. The number of anilines is 2. The maximum Gasteiger partial charge on any atom is 0.274 e. The summed E-state index contributed by atoms with van der Waals surface area (Å²) in [6.45, 7) is 3.01. The summed E-state index contributed by atoms with van der Waals surface area (Å²) in [6.07, 6.45) is 5.11. The number of benzene rings is 2. The van der Waals surface area contributed by atoms with Crippen molar-refractivity contribution >= 4 is 23.2 Å². The number of amides is 2. The number of aromatic nitrogens is 2. The van der Waals surface area contributed by atoms with Crippen molar-refractivity contribution in [3.63, 3.8) is 0 Å². The van der Waals surface area contributed by atoms with Crippen LogP contribution in [0.25, 0.3) is 0 Å². The van der Waals surface area contributed by atoms with Crippen LogP contribution in [-0.2, 0) is 6.42 Å². The molecule has 3 aromatic rings. The van der Waals surface area contributed by atoms with Gasteiger partial charge in [0.15, 0.2) is 0 Å². The van der Waals surface area contributed by atoms with Crippen LogP contribution in [0, 0.1) is 0 Å². The average molecular weight is 462 g/mol. The van der Waals surface area contributed by atoms with Crippen LogP contribution in [0.5, 0.6) is 5.75 Å². The summed E-state index contributed by atoms with van der Waals surface area (Å²) in [5.41, 5.74) is 10.4. The van der Waals surface area contributed by atoms with Crippen molar-refractivity contribution in [1.82, 2.24) is 26.0 Å². The summed E-state index contributed by atoms with van der Waals surface area (Å²) < 4.78 is 5.65. The summed E-state index contributed by atoms with van der Waals surface area (Å²) in [7, 11) is 3.17. The van der Waals surface area contributed by atoms with E-state index in [0.717, 1.165) is 18.5 Å². The molecule has 2 aromatic carbocycles. The summed E-state index contributed by atoms with van der Waals surface area (Å²) in [5.74, 6) is -0.0288. The smallest absolute Gasteiger partial charge is 0.274 e. The lowest BCUT2D eigenvalue weighted by atomic mass is 9.94. The van der Waals surface area contributed by atoms with Gasteiger partial charge >= 0.3 is 0 Å². The number of carbonyl (C=O) groups is 2. The van der Waals surface area contributed by atoms with Gasteiger partial charge in [0.1, 0.15) is 12.1 Å². The van der Waals surface area contributed by atoms with Gasteiger partial charge in [-0.1, -0.05) is 6.07 Å². The zero-order valence-electron chi connectivity index (χ0n) is 19.3. The summed E-state index contributed by atoms with van der Waals surface area (Å²) >= 11 is 0. The van der Waals surface area contributed by atoms with E-state index in [9.17, 15) is 9.59 Å². The zero-order chi connectivity index (χ0) is 24.1. The SMILES string of the molecule is CNC(=O)c1cccc(N(NC(=O)c2cncnc2)Nc2cc3c(cc2OC)CCNC3C)c1. The second-order valence-corrected chi connectivity index (χ2v) is 7.82. The fraction of sp³-hybridized carbons (Fsp3) is 0.250. The third-order valence-electron chi connectivity index (χ3n) is 5.63. The molecule has 176 valence electrons. The van der Waals surface area contributed by atoms with Crippen LogP contribution in [-0.4, -0.2) is 42.5 Å². The number of hydrogen-bond acceptors (Lipinski definition) is 8. The Bertz CT molecular complexity index is 1190. The van der Waals surface area contributed by atoms with Gasteiger partial charge < -0.3 is 15.4 Å². The third-order valence-corrected chi connectivity index (χ3v) is 5.63. The number of methoxy groups -OCH3 is 1. The lowest BCUT2D eigenvalue weighted by Crippen LogP contribution is -2.46. The molecule has 2 amide bonds. The molecule has 1 unspecified atom stereocenters. The molecule has 0 spiro atoms. The van der Waals surface area contributed by atoms with Crippen molar-refractivity contribution in [3.05, 3.63) is 77.4 Å². The third kappa shape index (κ3) is 4.91. The lowest BCUT2D eigenvalue weighted by molar-refractivity contribution is 0.0948. The Morgan fingerprint density at radius 3 is 2.65 bits per heavy atom. The largest absolute Gasteiger partial charge is 0.495 e. The first-order valence-corrected chi connectivity index (χ1v) is 10.9. The molecule has 10 nitrogen and oxygen atoms in total. The molecule has 0 aliphatic carbocycles. The topological polar surface area (TPSA) is 121 Å². The van der Waals surface area contributed by atoms with Crippen LogP contribution < -0.4 is 31.3 Å². The fourth-order valence-corrected chi connectivity index (χ4v) is 3.84. The van der Waals surface area contributed by atoms with Gasteiger partial charge in [0.05, 0.1) is 24.0 Å². The number of hydrazine groups is 2. The second-order valence-electron chi connectivity index (χ2n) is 7.82. The van der Waals surface area contributed by atoms with Gasteiger partial charge in [-0.3, -0.25) is 15.0 Å². The number of nitrogens with one attached hydrogen (secondary N) is 4. The Balaban J connectivity index is 1.72. The van der Waals surface area contributed by atoms with Crippen LogP contribution in [0.2, 0.25) is 0 Å². The van der Waals surface area contributed by atoms with Gasteiger partial charge in [0.25, 0.3) is 11.8 Å². The highest BCUT2D eigenvalue weighted by atomic mass is 16.5. The van der Waals surface area contributed by atoms with Gasteiger partial charge in [-0.2, -0.15) is 5.12 Å². The number of carbonyl (C=O) groups excluding carboxylic acids is 2. The first-order valence-electron chi connectivity index (χ1n) is 10.9.